The summed E-state index contributed by atoms with van der Waals surface area (Å²) in [4.78, 5) is 18.0. The van der Waals surface area contributed by atoms with Crippen LogP contribution in [0.1, 0.15) is 40.4 Å². The highest BCUT2D eigenvalue weighted by molar-refractivity contribution is 7.92. The molecule has 0 unspecified atom stereocenters. The number of nitrogens with zero attached hydrogens (tertiary/aromatic N) is 3. The van der Waals surface area contributed by atoms with Crippen LogP contribution in [0.25, 0.3) is 44.5 Å². The number of anilines is 1. The van der Waals surface area contributed by atoms with E-state index in [4.69, 9.17) is 9.40 Å². The summed E-state index contributed by atoms with van der Waals surface area (Å²) < 4.78 is 49.5. The van der Waals surface area contributed by atoms with E-state index in [1.54, 1.807) is 25.2 Å². The fourth-order valence-electron chi connectivity index (χ4n) is 5.77. The molecular weight excluding hydrogens is 531 g/mol. The number of benzene rings is 2. The zero-order valence-corrected chi connectivity index (χ0v) is 23.1. The lowest BCUT2D eigenvalue weighted by atomic mass is 9.99. The van der Waals surface area contributed by atoms with Crippen molar-refractivity contribution in [3.05, 3.63) is 71.2 Å². The van der Waals surface area contributed by atoms with Crippen LogP contribution in [0, 0.1) is 5.82 Å². The molecule has 0 atom stereocenters. The maximum Gasteiger partial charge on any atom is 0.255 e. The number of aryl methyl sites for hydroxylation is 2. The van der Waals surface area contributed by atoms with Crippen LogP contribution in [0.2, 0.25) is 0 Å². The summed E-state index contributed by atoms with van der Waals surface area (Å²) in [6.45, 7) is 0.707. The minimum absolute atomic E-state index is 0.170. The fraction of sp³-hybridized carbons (Fsp3) is 0.267. The molecule has 1 saturated carbocycles. The predicted molar refractivity (Wildman–Crippen MR) is 153 cm³/mol. The van der Waals surface area contributed by atoms with Crippen molar-refractivity contribution in [3.8, 4) is 22.6 Å². The second kappa shape index (κ2) is 8.66. The molecule has 0 spiro atoms. The van der Waals surface area contributed by atoms with Gasteiger partial charge in [0.1, 0.15) is 17.2 Å². The highest BCUT2D eigenvalue weighted by Crippen LogP contribution is 2.47. The number of amides is 1. The summed E-state index contributed by atoms with van der Waals surface area (Å²) >= 11 is 0. The summed E-state index contributed by atoms with van der Waals surface area (Å²) in [6.07, 6.45) is 3.75. The Kier molecular flexibility index (Phi) is 5.38. The van der Waals surface area contributed by atoms with E-state index in [1.165, 1.54) is 17.4 Å². The molecule has 1 aliphatic heterocycles. The number of pyridine rings is 1. The molecule has 2 aliphatic rings. The Labute approximate surface area is 230 Å². The van der Waals surface area contributed by atoms with Crippen molar-refractivity contribution in [2.24, 2.45) is 0 Å². The van der Waals surface area contributed by atoms with Gasteiger partial charge in [-0.1, -0.05) is 12.1 Å². The van der Waals surface area contributed by atoms with Crippen LogP contribution in [0.5, 0.6) is 0 Å². The number of hydrogen-bond donors (Lipinski definition) is 1. The van der Waals surface area contributed by atoms with E-state index in [2.05, 4.69) is 9.88 Å². The van der Waals surface area contributed by atoms with Crippen LogP contribution >= 0.6 is 0 Å². The third kappa shape index (κ3) is 3.73. The zero-order valence-electron chi connectivity index (χ0n) is 22.3. The van der Waals surface area contributed by atoms with Gasteiger partial charge < -0.3 is 14.3 Å². The molecule has 1 amide bonds. The van der Waals surface area contributed by atoms with E-state index in [-0.39, 0.29) is 17.6 Å². The molecule has 0 bridgehead atoms. The molecule has 40 heavy (non-hydrogen) atoms. The van der Waals surface area contributed by atoms with Gasteiger partial charge in [-0.15, -0.1) is 0 Å². The van der Waals surface area contributed by atoms with Gasteiger partial charge in [-0.3, -0.25) is 9.10 Å². The topological polar surface area (TPSA) is 97.4 Å². The van der Waals surface area contributed by atoms with Crippen molar-refractivity contribution in [3.63, 3.8) is 0 Å². The summed E-state index contributed by atoms with van der Waals surface area (Å²) in [5.41, 5.74) is 5.80. The van der Waals surface area contributed by atoms with Crippen LogP contribution < -0.4 is 9.62 Å². The van der Waals surface area contributed by atoms with Crippen molar-refractivity contribution < 1.29 is 22.0 Å². The van der Waals surface area contributed by atoms with Crippen molar-refractivity contribution >= 4 is 43.5 Å². The maximum atomic E-state index is 14.7. The summed E-state index contributed by atoms with van der Waals surface area (Å²) in [6, 6.07) is 14.2. The number of aromatic nitrogens is 2. The average molecular weight is 559 g/mol. The van der Waals surface area contributed by atoms with E-state index in [9.17, 15) is 17.6 Å². The van der Waals surface area contributed by atoms with Gasteiger partial charge in [-0.05, 0) is 55.2 Å². The summed E-state index contributed by atoms with van der Waals surface area (Å²) in [7, 11) is -0.562. The third-order valence-corrected chi connectivity index (χ3v) is 9.26. The molecule has 2 aromatic carbocycles. The number of rotatable bonds is 5. The molecule has 10 heteroatoms. The Morgan fingerprint density at radius 2 is 1.95 bits per heavy atom. The lowest BCUT2D eigenvalue weighted by Crippen LogP contribution is -2.25. The minimum atomic E-state index is -3.63. The summed E-state index contributed by atoms with van der Waals surface area (Å²) in [5, 5.41) is 3.87. The number of hydrogen-bond acceptors (Lipinski definition) is 5. The Balaban J connectivity index is 1.48. The molecule has 0 saturated heterocycles. The lowest BCUT2D eigenvalue weighted by molar-refractivity contribution is 0.0962. The van der Waals surface area contributed by atoms with Gasteiger partial charge in [-0.2, -0.15) is 0 Å². The number of nitrogens with one attached hydrogen (secondary N) is 1. The van der Waals surface area contributed by atoms with E-state index in [0.29, 0.717) is 51.2 Å². The Morgan fingerprint density at radius 3 is 2.67 bits per heavy atom. The van der Waals surface area contributed by atoms with Gasteiger partial charge in [-0.25, -0.2) is 17.8 Å². The molecule has 7 rings (SSSR count). The molecule has 4 heterocycles. The minimum Gasteiger partial charge on any atom is -0.460 e. The van der Waals surface area contributed by atoms with Crippen molar-refractivity contribution in [1.82, 2.24) is 14.9 Å². The molecule has 204 valence electrons. The van der Waals surface area contributed by atoms with Gasteiger partial charge in [0.05, 0.1) is 40.1 Å². The molecule has 3 aromatic heterocycles. The number of sulfonamides is 1. The Bertz CT molecular complexity index is 1990. The van der Waals surface area contributed by atoms with E-state index >= 15 is 0 Å². The Morgan fingerprint density at radius 1 is 1.15 bits per heavy atom. The second-order valence-corrected chi connectivity index (χ2v) is 12.6. The molecule has 1 fully saturated rings. The molecular formula is C30H27FN4O4S. The van der Waals surface area contributed by atoms with Crippen LogP contribution in [0.4, 0.5) is 10.1 Å². The van der Waals surface area contributed by atoms with E-state index in [1.807, 2.05) is 24.3 Å². The largest absolute Gasteiger partial charge is 0.460 e. The predicted octanol–water partition coefficient (Wildman–Crippen LogP) is 5.44. The number of carbonyl (C=O) groups excluding carboxylic acids is 1. The monoisotopic (exact) mass is 558 g/mol. The second-order valence-electron chi connectivity index (χ2n) is 10.6. The molecule has 8 nitrogen and oxygen atoms in total. The molecule has 5 aromatic rings. The van der Waals surface area contributed by atoms with Crippen LogP contribution in [0.15, 0.2) is 52.9 Å². The quantitative estimate of drug-likeness (QED) is 0.310. The number of halogens is 1. The van der Waals surface area contributed by atoms with Crippen molar-refractivity contribution in [2.45, 2.75) is 31.7 Å². The SMILES string of the molecule is CNC(=O)c1c(C2CC2)oc2cc(N(C)S(C)(=O)=O)c(-c3ccc4c(n3)-c3cc5c(F)cccc5n3CC4)cc12. The van der Waals surface area contributed by atoms with Crippen molar-refractivity contribution in [1.29, 1.82) is 0 Å². The maximum absolute atomic E-state index is 14.7. The van der Waals surface area contributed by atoms with Gasteiger partial charge in [0.25, 0.3) is 5.91 Å². The van der Waals surface area contributed by atoms with E-state index in [0.717, 1.165) is 48.0 Å². The highest BCUT2D eigenvalue weighted by Gasteiger charge is 2.34. The molecule has 1 N–H and O–H groups in total. The number of fused-ring (bicyclic) bond motifs is 6. The van der Waals surface area contributed by atoms with Crippen LogP contribution in [-0.2, 0) is 23.0 Å². The van der Waals surface area contributed by atoms with Crippen LogP contribution in [-0.4, -0.2) is 44.2 Å². The zero-order chi connectivity index (χ0) is 27.9. The van der Waals surface area contributed by atoms with Crippen LogP contribution in [0.3, 0.4) is 0 Å². The van der Waals surface area contributed by atoms with Crippen molar-refractivity contribution in [2.75, 3.05) is 24.7 Å². The highest BCUT2D eigenvalue weighted by atomic mass is 32.2. The fourth-order valence-corrected chi connectivity index (χ4v) is 6.28. The third-order valence-electron chi connectivity index (χ3n) is 8.07. The standard InChI is InChI=1S/C30H27FN4O4S/c1-32-30(36)27-20-13-19(24(34(2)40(3,37)38)15-26(20)39-29(27)17-7-8-17)22-10-9-16-11-12-35-23-6-4-5-21(31)18(23)14-25(35)28(16)33-22/h4-6,9-10,13-15,17H,7-8,11-12H2,1-3H3,(H,32,36). The smallest absolute Gasteiger partial charge is 0.255 e. The van der Waals surface area contributed by atoms with E-state index < -0.39 is 10.0 Å². The first-order chi connectivity index (χ1) is 19.2. The summed E-state index contributed by atoms with van der Waals surface area (Å²) in [5.74, 6) is 0.265. The first-order valence-corrected chi connectivity index (χ1v) is 15.1. The average Bonchev–Trinajstić information content (AvgIpc) is 3.61. The van der Waals surface area contributed by atoms with Gasteiger partial charge >= 0.3 is 0 Å². The van der Waals surface area contributed by atoms with Gasteiger partial charge in [0.15, 0.2) is 0 Å². The lowest BCUT2D eigenvalue weighted by Gasteiger charge is -2.23. The molecule has 1 aliphatic carbocycles. The normalized spacial score (nSPS) is 14.8. The van der Waals surface area contributed by atoms with Gasteiger partial charge in [0.2, 0.25) is 10.0 Å². The first kappa shape index (κ1) is 24.8. The number of carbonyl (C=O) groups is 1. The van der Waals surface area contributed by atoms with Gasteiger partial charge in [0, 0.05) is 49.0 Å². The number of furan rings is 1. The Hall–Kier alpha value is -4.18. The molecule has 0 radical (unpaired) electrons. The first-order valence-electron chi connectivity index (χ1n) is 13.2.